The Labute approximate surface area is 139 Å². The molecule has 3 aromatic rings. The van der Waals surface area contributed by atoms with Crippen LogP contribution in [-0.4, -0.2) is 47.4 Å². The maximum atomic E-state index is 4.58. The molecule has 8 heteroatoms. The molecule has 4 rings (SSSR count). The Morgan fingerprint density at radius 3 is 2.67 bits per heavy atom. The monoisotopic (exact) mass is 324 g/mol. The summed E-state index contributed by atoms with van der Waals surface area (Å²) in [5.41, 5.74) is 1.95. The fourth-order valence-corrected chi connectivity index (χ4v) is 2.70. The van der Waals surface area contributed by atoms with Crippen molar-refractivity contribution in [1.29, 1.82) is 0 Å². The number of aryl methyl sites for hydroxylation is 3. The van der Waals surface area contributed by atoms with Crippen LogP contribution in [0.3, 0.4) is 0 Å². The molecule has 3 aromatic heterocycles. The van der Waals surface area contributed by atoms with Gasteiger partial charge in [0.15, 0.2) is 11.6 Å². The predicted molar refractivity (Wildman–Crippen MR) is 91.6 cm³/mol. The summed E-state index contributed by atoms with van der Waals surface area (Å²) in [6, 6.07) is 2.57. The summed E-state index contributed by atoms with van der Waals surface area (Å²) in [6.45, 7) is 3.95. The highest BCUT2D eigenvalue weighted by molar-refractivity contribution is 5.64. The molecular formula is C16H20N8. The normalized spacial score (nSPS) is 14.8. The van der Waals surface area contributed by atoms with Gasteiger partial charge in [0.2, 0.25) is 5.95 Å². The van der Waals surface area contributed by atoms with Gasteiger partial charge in [-0.05, 0) is 44.9 Å². The molecule has 1 fully saturated rings. The average molecular weight is 324 g/mol. The number of hydrogen-bond acceptors (Lipinski definition) is 6. The molecule has 0 N–H and O–H groups in total. The van der Waals surface area contributed by atoms with Crippen LogP contribution < -0.4 is 4.90 Å². The van der Waals surface area contributed by atoms with E-state index in [1.54, 1.807) is 9.20 Å². The third kappa shape index (κ3) is 2.64. The highest BCUT2D eigenvalue weighted by Crippen LogP contribution is 2.28. The fourth-order valence-electron chi connectivity index (χ4n) is 2.70. The van der Waals surface area contributed by atoms with Gasteiger partial charge in [-0.15, -0.1) is 10.2 Å². The quantitative estimate of drug-likeness (QED) is 0.726. The number of anilines is 1. The predicted octanol–water partition coefficient (Wildman–Crippen LogP) is 1.64. The van der Waals surface area contributed by atoms with Gasteiger partial charge in [0.1, 0.15) is 0 Å². The Balaban J connectivity index is 1.62. The van der Waals surface area contributed by atoms with E-state index in [-0.39, 0.29) is 0 Å². The van der Waals surface area contributed by atoms with Crippen LogP contribution in [0.1, 0.15) is 35.9 Å². The molecular weight excluding hydrogens is 304 g/mol. The van der Waals surface area contributed by atoms with Crippen LogP contribution in [0.4, 0.5) is 5.95 Å². The van der Waals surface area contributed by atoms with Crippen molar-refractivity contribution in [2.45, 2.75) is 32.7 Å². The minimum atomic E-state index is 0.585. The van der Waals surface area contributed by atoms with Crippen molar-refractivity contribution >= 4 is 23.9 Å². The van der Waals surface area contributed by atoms with Crippen LogP contribution in [-0.2, 0) is 7.05 Å². The summed E-state index contributed by atoms with van der Waals surface area (Å²) < 4.78 is 3.52. The molecule has 0 saturated heterocycles. The molecule has 124 valence electrons. The smallest absolute Gasteiger partial charge is 0.253 e. The first-order valence-corrected chi connectivity index (χ1v) is 8.04. The molecule has 8 nitrogen and oxygen atoms in total. The van der Waals surface area contributed by atoms with E-state index in [1.807, 2.05) is 46.2 Å². The van der Waals surface area contributed by atoms with Crippen molar-refractivity contribution in [1.82, 2.24) is 34.3 Å². The maximum absolute atomic E-state index is 4.58. The van der Waals surface area contributed by atoms with Gasteiger partial charge < -0.3 is 4.90 Å². The molecule has 0 aliphatic heterocycles. The van der Waals surface area contributed by atoms with E-state index in [9.17, 15) is 0 Å². The average Bonchev–Trinajstić information content (AvgIpc) is 3.20. The molecule has 1 aliphatic carbocycles. The van der Waals surface area contributed by atoms with Crippen LogP contribution in [0.2, 0.25) is 0 Å². The lowest BCUT2D eigenvalue weighted by atomic mass is 10.4. The van der Waals surface area contributed by atoms with Gasteiger partial charge >= 0.3 is 0 Å². The zero-order chi connectivity index (χ0) is 16.8. The van der Waals surface area contributed by atoms with Crippen molar-refractivity contribution in [3.05, 3.63) is 29.1 Å². The first-order chi connectivity index (χ1) is 11.5. The van der Waals surface area contributed by atoms with E-state index >= 15 is 0 Å². The van der Waals surface area contributed by atoms with E-state index < -0.39 is 0 Å². The Morgan fingerprint density at radius 2 is 1.92 bits per heavy atom. The summed E-state index contributed by atoms with van der Waals surface area (Å²) >= 11 is 0. The van der Waals surface area contributed by atoms with Gasteiger partial charge in [0.25, 0.3) is 5.78 Å². The summed E-state index contributed by atoms with van der Waals surface area (Å²) in [5.74, 6) is 2.75. The minimum Gasteiger partial charge on any atom is -0.340 e. The summed E-state index contributed by atoms with van der Waals surface area (Å²) in [7, 11) is 3.93. The molecule has 24 heavy (non-hydrogen) atoms. The van der Waals surface area contributed by atoms with E-state index in [1.165, 1.54) is 12.8 Å². The second-order valence-corrected chi connectivity index (χ2v) is 6.29. The molecule has 0 amide bonds. The molecule has 1 saturated carbocycles. The SMILES string of the molecule is Cc1cc(C)n2nc(/C=C/c3nc(N(C)C4CC4)nn3C)nc2n1. The summed E-state index contributed by atoms with van der Waals surface area (Å²) in [5, 5.41) is 8.94. The molecule has 0 unspecified atom stereocenters. The topological polar surface area (TPSA) is 77.0 Å². The second kappa shape index (κ2) is 5.40. The number of fused-ring (bicyclic) bond motifs is 1. The van der Waals surface area contributed by atoms with Crippen LogP contribution in [0.25, 0.3) is 17.9 Å². The lowest BCUT2D eigenvalue weighted by Crippen LogP contribution is -2.20. The number of nitrogens with zero attached hydrogens (tertiary/aromatic N) is 8. The Morgan fingerprint density at radius 1 is 1.12 bits per heavy atom. The van der Waals surface area contributed by atoms with Gasteiger partial charge in [0.05, 0.1) is 0 Å². The van der Waals surface area contributed by atoms with Crippen molar-refractivity contribution in [2.75, 3.05) is 11.9 Å². The molecule has 0 bridgehead atoms. The van der Waals surface area contributed by atoms with Gasteiger partial charge in [-0.3, -0.25) is 0 Å². The zero-order valence-electron chi connectivity index (χ0n) is 14.3. The van der Waals surface area contributed by atoms with Gasteiger partial charge in [0, 0.05) is 31.5 Å². The highest BCUT2D eigenvalue weighted by atomic mass is 15.4. The zero-order valence-corrected chi connectivity index (χ0v) is 14.3. The Hall–Kier alpha value is -2.77. The van der Waals surface area contributed by atoms with Crippen molar-refractivity contribution in [3.63, 3.8) is 0 Å². The number of aromatic nitrogens is 7. The summed E-state index contributed by atoms with van der Waals surface area (Å²) in [4.78, 5) is 15.6. The molecule has 0 radical (unpaired) electrons. The minimum absolute atomic E-state index is 0.585. The maximum Gasteiger partial charge on any atom is 0.253 e. The van der Waals surface area contributed by atoms with E-state index in [0.717, 1.165) is 23.2 Å². The first-order valence-electron chi connectivity index (χ1n) is 8.04. The highest BCUT2D eigenvalue weighted by Gasteiger charge is 2.28. The van der Waals surface area contributed by atoms with Crippen molar-refractivity contribution in [3.8, 4) is 0 Å². The molecule has 0 atom stereocenters. The largest absolute Gasteiger partial charge is 0.340 e. The lowest BCUT2D eigenvalue weighted by Gasteiger charge is -2.12. The van der Waals surface area contributed by atoms with E-state index in [0.29, 0.717) is 17.6 Å². The lowest BCUT2D eigenvalue weighted by molar-refractivity contribution is 0.744. The van der Waals surface area contributed by atoms with Crippen molar-refractivity contribution < 1.29 is 0 Å². The molecule has 0 spiro atoms. The standard InChI is InChI=1S/C16H20N8/c1-10-9-11(2)24-15(17-10)18-13(20-24)7-8-14-19-16(21-23(14)4)22(3)12-5-6-12/h7-9,12H,5-6H2,1-4H3/b8-7+. The van der Waals surface area contributed by atoms with Crippen LogP contribution in [0.15, 0.2) is 6.07 Å². The fraction of sp³-hybridized carbons (Fsp3) is 0.438. The third-order valence-electron chi connectivity index (χ3n) is 4.21. The Bertz CT molecular complexity index is 931. The third-order valence-corrected chi connectivity index (χ3v) is 4.21. The van der Waals surface area contributed by atoms with E-state index in [2.05, 4.69) is 30.0 Å². The molecule has 0 aromatic carbocycles. The van der Waals surface area contributed by atoms with Crippen LogP contribution in [0, 0.1) is 13.8 Å². The second-order valence-electron chi connectivity index (χ2n) is 6.29. The number of rotatable bonds is 4. The van der Waals surface area contributed by atoms with E-state index in [4.69, 9.17) is 0 Å². The summed E-state index contributed by atoms with van der Waals surface area (Å²) in [6.07, 6.45) is 6.16. The molecule has 1 aliphatic rings. The van der Waals surface area contributed by atoms with Crippen LogP contribution >= 0.6 is 0 Å². The Kier molecular flexibility index (Phi) is 3.33. The van der Waals surface area contributed by atoms with Gasteiger partial charge in [-0.25, -0.2) is 14.2 Å². The van der Waals surface area contributed by atoms with Gasteiger partial charge in [-0.2, -0.15) is 9.97 Å². The van der Waals surface area contributed by atoms with Gasteiger partial charge in [-0.1, -0.05) is 0 Å². The first kappa shape index (κ1) is 14.8. The van der Waals surface area contributed by atoms with Crippen LogP contribution in [0.5, 0.6) is 0 Å². The number of hydrogen-bond donors (Lipinski definition) is 0. The molecule has 3 heterocycles. The van der Waals surface area contributed by atoms with Crippen molar-refractivity contribution in [2.24, 2.45) is 7.05 Å².